The van der Waals surface area contributed by atoms with Crippen LogP contribution in [0, 0.1) is 6.92 Å². The third-order valence-corrected chi connectivity index (χ3v) is 5.73. The van der Waals surface area contributed by atoms with E-state index in [9.17, 15) is 4.79 Å². The molecular weight excluding hydrogens is 338 g/mol. The number of nitrogens with one attached hydrogen (secondary N) is 3. The van der Waals surface area contributed by atoms with Crippen LogP contribution in [-0.2, 0) is 7.05 Å². The Morgan fingerprint density at radius 1 is 1.37 bits per heavy atom. The maximum atomic E-state index is 12.9. The third-order valence-electron chi connectivity index (χ3n) is 5.73. The van der Waals surface area contributed by atoms with Crippen molar-refractivity contribution in [3.8, 4) is 0 Å². The molecule has 6 heteroatoms. The SMILES string of the molecule is Cc1nn(C)cc1C(=O)Nc1cccc2c1C1CCCNC1C2NC(C)C. The van der Waals surface area contributed by atoms with Gasteiger partial charge in [0.25, 0.3) is 5.91 Å². The summed E-state index contributed by atoms with van der Waals surface area (Å²) >= 11 is 0. The Balaban J connectivity index is 1.69. The summed E-state index contributed by atoms with van der Waals surface area (Å²) in [6.45, 7) is 7.30. The van der Waals surface area contributed by atoms with Crippen LogP contribution in [0.2, 0.25) is 0 Å². The first-order valence-corrected chi connectivity index (χ1v) is 9.89. The van der Waals surface area contributed by atoms with Crippen molar-refractivity contribution in [1.82, 2.24) is 20.4 Å². The topological polar surface area (TPSA) is 71.0 Å². The summed E-state index contributed by atoms with van der Waals surface area (Å²) in [6, 6.07) is 7.36. The van der Waals surface area contributed by atoms with Gasteiger partial charge in [-0.3, -0.25) is 9.48 Å². The molecule has 0 bridgehead atoms. The van der Waals surface area contributed by atoms with Gasteiger partial charge in [0.05, 0.1) is 11.3 Å². The number of carbonyl (C=O) groups excluding carboxylic acids is 1. The van der Waals surface area contributed by atoms with Gasteiger partial charge in [0.2, 0.25) is 0 Å². The molecule has 2 heterocycles. The van der Waals surface area contributed by atoms with Gasteiger partial charge in [-0.15, -0.1) is 0 Å². The average Bonchev–Trinajstić information content (AvgIpc) is 3.13. The summed E-state index contributed by atoms with van der Waals surface area (Å²) in [5.41, 5.74) is 4.92. The number of amides is 1. The lowest BCUT2D eigenvalue weighted by Crippen LogP contribution is -2.46. The molecule has 1 saturated heterocycles. The largest absolute Gasteiger partial charge is 0.322 e. The van der Waals surface area contributed by atoms with Crippen LogP contribution in [0.15, 0.2) is 24.4 Å². The fraction of sp³-hybridized carbons (Fsp3) is 0.524. The molecule has 6 nitrogen and oxygen atoms in total. The molecule has 1 aliphatic carbocycles. The summed E-state index contributed by atoms with van der Waals surface area (Å²) in [7, 11) is 1.84. The van der Waals surface area contributed by atoms with Crippen LogP contribution < -0.4 is 16.0 Å². The van der Waals surface area contributed by atoms with Gasteiger partial charge < -0.3 is 16.0 Å². The van der Waals surface area contributed by atoms with Crippen LogP contribution in [0.25, 0.3) is 0 Å². The zero-order chi connectivity index (χ0) is 19.1. The van der Waals surface area contributed by atoms with Gasteiger partial charge in [-0.05, 0) is 43.5 Å². The standard InChI is InChI=1S/C21H29N5O/c1-12(2)23-20-15-7-5-9-17(18(15)14-8-6-10-22-19(14)20)24-21(27)16-11-26(4)25-13(16)3/h5,7,9,11-12,14,19-20,22-23H,6,8,10H2,1-4H3,(H,24,27). The van der Waals surface area contributed by atoms with Gasteiger partial charge in [0.15, 0.2) is 0 Å². The minimum absolute atomic E-state index is 0.0883. The summed E-state index contributed by atoms with van der Waals surface area (Å²) in [5.74, 6) is 0.339. The Labute approximate surface area is 160 Å². The lowest BCUT2D eigenvalue weighted by atomic mass is 9.88. The molecule has 4 rings (SSSR count). The number of hydrogen-bond acceptors (Lipinski definition) is 4. The van der Waals surface area contributed by atoms with Crippen LogP contribution >= 0.6 is 0 Å². The van der Waals surface area contributed by atoms with E-state index in [-0.39, 0.29) is 11.9 Å². The van der Waals surface area contributed by atoms with Gasteiger partial charge in [-0.25, -0.2) is 0 Å². The normalized spacial score (nSPS) is 24.0. The highest BCUT2D eigenvalue weighted by Gasteiger charge is 2.43. The first-order valence-electron chi connectivity index (χ1n) is 9.89. The van der Waals surface area contributed by atoms with E-state index in [0.717, 1.165) is 24.3 Å². The first kappa shape index (κ1) is 18.2. The van der Waals surface area contributed by atoms with E-state index in [1.54, 1.807) is 10.9 Å². The Bertz CT molecular complexity index is 856. The minimum Gasteiger partial charge on any atom is -0.322 e. The monoisotopic (exact) mass is 367 g/mol. The summed E-state index contributed by atoms with van der Waals surface area (Å²) in [6.07, 6.45) is 4.10. The number of benzene rings is 1. The van der Waals surface area contributed by atoms with Gasteiger partial charge in [-0.1, -0.05) is 26.0 Å². The quantitative estimate of drug-likeness (QED) is 0.777. The van der Waals surface area contributed by atoms with Gasteiger partial charge >= 0.3 is 0 Å². The number of hydrogen-bond donors (Lipinski definition) is 3. The lowest BCUT2D eigenvalue weighted by molar-refractivity contribution is 0.102. The predicted molar refractivity (Wildman–Crippen MR) is 107 cm³/mol. The predicted octanol–water partition coefficient (Wildman–Crippen LogP) is 2.87. The van der Waals surface area contributed by atoms with Crippen LogP contribution in [0.1, 0.15) is 65.8 Å². The molecule has 1 aliphatic heterocycles. The van der Waals surface area contributed by atoms with Crippen molar-refractivity contribution in [2.24, 2.45) is 7.05 Å². The molecule has 3 atom stereocenters. The van der Waals surface area contributed by atoms with E-state index in [0.29, 0.717) is 23.6 Å². The third kappa shape index (κ3) is 3.28. The number of aromatic nitrogens is 2. The maximum absolute atomic E-state index is 12.9. The van der Waals surface area contributed by atoms with Gasteiger partial charge in [-0.2, -0.15) is 5.10 Å². The Morgan fingerprint density at radius 3 is 2.89 bits per heavy atom. The van der Waals surface area contributed by atoms with Crippen molar-refractivity contribution in [2.75, 3.05) is 11.9 Å². The van der Waals surface area contributed by atoms with E-state index in [1.807, 2.05) is 20.0 Å². The summed E-state index contributed by atoms with van der Waals surface area (Å²) in [5, 5.41) is 14.9. The van der Waals surface area contributed by atoms with Crippen molar-refractivity contribution in [1.29, 1.82) is 0 Å². The molecule has 2 aliphatic rings. The number of fused-ring (bicyclic) bond motifs is 3. The molecule has 3 N–H and O–H groups in total. The second-order valence-corrected chi connectivity index (χ2v) is 8.09. The van der Waals surface area contributed by atoms with Crippen LogP contribution in [-0.4, -0.2) is 34.3 Å². The second-order valence-electron chi connectivity index (χ2n) is 8.09. The smallest absolute Gasteiger partial charge is 0.259 e. The number of piperidine rings is 1. The fourth-order valence-electron chi connectivity index (χ4n) is 4.72. The zero-order valence-corrected chi connectivity index (χ0v) is 16.5. The molecule has 1 aromatic heterocycles. The van der Waals surface area contributed by atoms with Crippen molar-refractivity contribution in [3.05, 3.63) is 46.8 Å². The zero-order valence-electron chi connectivity index (χ0n) is 16.5. The molecule has 2 aromatic rings. The maximum Gasteiger partial charge on any atom is 0.259 e. The second kappa shape index (κ2) is 7.09. The Hall–Kier alpha value is -2.18. The molecule has 1 fully saturated rings. The Morgan fingerprint density at radius 2 is 2.19 bits per heavy atom. The highest BCUT2D eigenvalue weighted by Crippen LogP contribution is 2.48. The molecule has 0 saturated carbocycles. The molecule has 27 heavy (non-hydrogen) atoms. The van der Waals surface area contributed by atoms with Crippen LogP contribution in [0.5, 0.6) is 0 Å². The van der Waals surface area contributed by atoms with Crippen molar-refractivity contribution < 1.29 is 4.79 Å². The Kier molecular flexibility index (Phi) is 4.78. The van der Waals surface area contributed by atoms with Crippen LogP contribution in [0.3, 0.4) is 0 Å². The van der Waals surface area contributed by atoms with Crippen molar-refractivity contribution in [3.63, 3.8) is 0 Å². The summed E-state index contributed by atoms with van der Waals surface area (Å²) < 4.78 is 1.68. The molecule has 1 aromatic carbocycles. The molecular formula is C21H29N5O. The number of nitrogens with zero attached hydrogens (tertiary/aromatic N) is 2. The van der Waals surface area contributed by atoms with E-state index >= 15 is 0 Å². The van der Waals surface area contributed by atoms with E-state index < -0.39 is 0 Å². The average molecular weight is 367 g/mol. The molecule has 1 amide bonds. The van der Waals surface area contributed by atoms with E-state index in [1.165, 1.54) is 17.5 Å². The molecule has 144 valence electrons. The first-order chi connectivity index (χ1) is 13.0. The minimum atomic E-state index is -0.0883. The van der Waals surface area contributed by atoms with Crippen molar-refractivity contribution in [2.45, 2.75) is 57.7 Å². The number of aryl methyl sites for hydroxylation is 2. The molecule has 3 unspecified atom stereocenters. The highest BCUT2D eigenvalue weighted by atomic mass is 16.1. The fourth-order valence-corrected chi connectivity index (χ4v) is 4.72. The summed E-state index contributed by atoms with van der Waals surface area (Å²) in [4.78, 5) is 12.9. The van der Waals surface area contributed by atoms with Gasteiger partial charge in [0.1, 0.15) is 0 Å². The number of carbonyl (C=O) groups is 1. The highest BCUT2D eigenvalue weighted by molar-refractivity contribution is 6.05. The molecule has 0 radical (unpaired) electrons. The number of rotatable bonds is 4. The van der Waals surface area contributed by atoms with Crippen LogP contribution in [0.4, 0.5) is 5.69 Å². The molecule has 0 spiro atoms. The van der Waals surface area contributed by atoms with E-state index in [4.69, 9.17) is 0 Å². The van der Waals surface area contributed by atoms with E-state index in [2.05, 4.69) is 47.0 Å². The lowest BCUT2D eigenvalue weighted by Gasteiger charge is -2.32. The number of anilines is 1. The van der Waals surface area contributed by atoms with Crippen molar-refractivity contribution >= 4 is 11.6 Å². The van der Waals surface area contributed by atoms with Gasteiger partial charge in [0, 0.05) is 43.0 Å².